The summed E-state index contributed by atoms with van der Waals surface area (Å²) in [6.07, 6.45) is 1.62. The van der Waals surface area contributed by atoms with Gasteiger partial charge in [0.15, 0.2) is 0 Å². The number of carbonyl (C=O) groups is 2. The van der Waals surface area contributed by atoms with Crippen molar-refractivity contribution in [3.05, 3.63) is 53.6 Å². The van der Waals surface area contributed by atoms with E-state index in [1.54, 1.807) is 25.3 Å². The molecule has 7 nitrogen and oxygen atoms in total. The predicted molar refractivity (Wildman–Crippen MR) is 93.2 cm³/mol. The van der Waals surface area contributed by atoms with Gasteiger partial charge in [-0.25, -0.2) is 9.18 Å². The van der Waals surface area contributed by atoms with Crippen LogP contribution in [0.2, 0.25) is 0 Å². The van der Waals surface area contributed by atoms with Gasteiger partial charge in [-0.1, -0.05) is 0 Å². The number of ether oxygens (including phenoxy) is 1. The SMILES string of the molecule is COc1cccnc1[C@H](C)NC(=O)CN1Cc2cc(F)ccc2NC1=O. The van der Waals surface area contributed by atoms with Crippen molar-refractivity contribution in [3.63, 3.8) is 0 Å². The Morgan fingerprint density at radius 3 is 3.04 bits per heavy atom. The molecule has 0 saturated carbocycles. The van der Waals surface area contributed by atoms with Gasteiger partial charge in [0.2, 0.25) is 5.91 Å². The molecule has 3 rings (SSSR count). The van der Waals surface area contributed by atoms with Crippen LogP contribution in [0, 0.1) is 5.82 Å². The molecule has 0 saturated heterocycles. The van der Waals surface area contributed by atoms with Crippen LogP contribution in [-0.4, -0.2) is 35.5 Å². The topological polar surface area (TPSA) is 83.6 Å². The third-order valence-corrected chi connectivity index (χ3v) is 4.10. The normalized spacial score (nSPS) is 14.3. The maximum absolute atomic E-state index is 13.4. The number of halogens is 1. The number of pyridine rings is 1. The molecule has 0 fully saturated rings. The molecule has 1 aromatic carbocycles. The van der Waals surface area contributed by atoms with Gasteiger partial charge in [-0.3, -0.25) is 9.78 Å². The molecule has 0 unspecified atom stereocenters. The summed E-state index contributed by atoms with van der Waals surface area (Å²) in [6, 6.07) is 6.85. The first-order valence-corrected chi connectivity index (χ1v) is 8.10. The lowest BCUT2D eigenvalue weighted by Crippen LogP contribution is -2.45. The summed E-state index contributed by atoms with van der Waals surface area (Å²) in [4.78, 5) is 30.0. The molecule has 0 aliphatic carbocycles. The highest BCUT2D eigenvalue weighted by Gasteiger charge is 2.25. The fourth-order valence-electron chi connectivity index (χ4n) is 2.84. The molecule has 0 spiro atoms. The van der Waals surface area contributed by atoms with Crippen molar-refractivity contribution < 1.29 is 18.7 Å². The fraction of sp³-hybridized carbons (Fsp3) is 0.278. The number of nitrogens with one attached hydrogen (secondary N) is 2. The molecule has 1 atom stereocenters. The molecule has 8 heteroatoms. The van der Waals surface area contributed by atoms with E-state index >= 15 is 0 Å². The molecule has 2 aromatic rings. The Labute approximate surface area is 150 Å². The number of hydrogen-bond acceptors (Lipinski definition) is 4. The monoisotopic (exact) mass is 358 g/mol. The second kappa shape index (κ2) is 7.38. The highest BCUT2D eigenvalue weighted by molar-refractivity contribution is 5.94. The van der Waals surface area contributed by atoms with Crippen molar-refractivity contribution in [1.82, 2.24) is 15.2 Å². The lowest BCUT2D eigenvalue weighted by molar-refractivity contribution is -0.122. The van der Waals surface area contributed by atoms with Crippen molar-refractivity contribution in [2.45, 2.75) is 19.5 Å². The summed E-state index contributed by atoms with van der Waals surface area (Å²) in [5.41, 5.74) is 1.77. The Balaban J connectivity index is 1.65. The van der Waals surface area contributed by atoms with E-state index in [0.717, 1.165) is 0 Å². The van der Waals surface area contributed by atoms with Crippen LogP contribution < -0.4 is 15.4 Å². The number of benzene rings is 1. The van der Waals surface area contributed by atoms with Crippen molar-refractivity contribution in [2.75, 3.05) is 19.0 Å². The minimum absolute atomic E-state index is 0.152. The number of urea groups is 1. The molecule has 0 radical (unpaired) electrons. The number of nitrogens with zero attached hydrogens (tertiary/aromatic N) is 2. The summed E-state index contributed by atoms with van der Waals surface area (Å²) in [6.45, 7) is 1.79. The van der Waals surface area contributed by atoms with Gasteiger partial charge in [-0.2, -0.15) is 0 Å². The second-order valence-electron chi connectivity index (χ2n) is 5.97. The predicted octanol–water partition coefficient (Wildman–Crippen LogP) is 2.45. The Morgan fingerprint density at radius 1 is 1.46 bits per heavy atom. The van der Waals surface area contributed by atoms with E-state index in [2.05, 4.69) is 15.6 Å². The molecule has 2 N–H and O–H groups in total. The van der Waals surface area contributed by atoms with Crippen LogP contribution in [0.4, 0.5) is 14.9 Å². The molecule has 1 aliphatic heterocycles. The van der Waals surface area contributed by atoms with Gasteiger partial charge >= 0.3 is 6.03 Å². The number of hydrogen-bond donors (Lipinski definition) is 2. The number of amides is 3. The lowest BCUT2D eigenvalue weighted by atomic mass is 10.1. The maximum atomic E-state index is 13.4. The standard InChI is InChI=1S/C18H19FN4O3/c1-11(17-15(26-2)4-3-7-20-17)21-16(24)10-23-9-12-8-13(19)5-6-14(12)22-18(23)25/h3-8,11H,9-10H2,1-2H3,(H,21,24)(H,22,25)/t11-/m0/s1. The number of fused-ring (bicyclic) bond motifs is 1. The Kier molecular flexibility index (Phi) is 5.01. The van der Waals surface area contributed by atoms with E-state index in [9.17, 15) is 14.0 Å². The van der Waals surface area contributed by atoms with Crippen LogP contribution in [0.3, 0.4) is 0 Å². The summed E-state index contributed by atoms with van der Waals surface area (Å²) in [5, 5.41) is 5.45. The Morgan fingerprint density at radius 2 is 2.27 bits per heavy atom. The van der Waals surface area contributed by atoms with Crippen molar-refractivity contribution in [2.24, 2.45) is 0 Å². The van der Waals surface area contributed by atoms with Gasteiger partial charge in [-0.05, 0) is 42.8 Å². The summed E-state index contributed by atoms with van der Waals surface area (Å²) in [5.74, 6) is -0.166. The van der Waals surface area contributed by atoms with Crippen LogP contribution in [-0.2, 0) is 11.3 Å². The molecule has 26 heavy (non-hydrogen) atoms. The maximum Gasteiger partial charge on any atom is 0.322 e. The zero-order valence-electron chi connectivity index (χ0n) is 14.5. The number of aromatic nitrogens is 1. The lowest BCUT2D eigenvalue weighted by Gasteiger charge is -2.29. The molecule has 1 aliphatic rings. The molecule has 1 aromatic heterocycles. The number of methoxy groups -OCH3 is 1. The highest BCUT2D eigenvalue weighted by atomic mass is 19.1. The van der Waals surface area contributed by atoms with E-state index in [-0.39, 0.29) is 24.8 Å². The van der Waals surface area contributed by atoms with Gasteiger partial charge in [0.05, 0.1) is 19.7 Å². The highest BCUT2D eigenvalue weighted by Crippen LogP contribution is 2.24. The van der Waals surface area contributed by atoms with Gasteiger partial charge in [-0.15, -0.1) is 0 Å². The first-order chi connectivity index (χ1) is 12.5. The summed E-state index contributed by atoms with van der Waals surface area (Å²) in [7, 11) is 1.53. The quantitative estimate of drug-likeness (QED) is 0.860. The molecule has 0 bridgehead atoms. The van der Waals surface area contributed by atoms with Crippen LogP contribution in [0.15, 0.2) is 36.5 Å². The second-order valence-corrected chi connectivity index (χ2v) is 5.97. The molecule has 2 heterocycles. The summed E-state index contributed by atoms with van der Waals surface area (Å²) < 4.78 is 18.6. The van der Waals surface area contributed by atoms with E-state index in [4.69, 9.17) is 4.74 Å². The number of rotatable bonds is 5. The van der Waals surface area contributed by atoms with Crippen LogP contribution in [0.5, 0.6) is 5.75 Å². The Bertz CT molecular complexity index is 843. The van der Waals surface area contributed by atoms with Gasteiger partial charge in [0.1, 0.15) is 23.8 Å². The first kappa shape index (κ1) is 17.7. The zero-order chi connectivity index (χ0) is 18.7. The number of anilines is 1. The third kappa shape index (κ3) is 3.74. The number of carbonyl (C=O) groups excluding carboxylic acids is 2. The van der Waals surface area contributed by atoms with E-state index in [1.165, 1.54) is 30.2 Å². The van der Waals surface area contributed by atoms with Gasteiger partial charge in [0.25, 0.3) is 0 Å². The third-order valence-electron chi connectivity index (χ3n) is 4.10. The van der Waals surface area contributed by atoms with E-state index in [0.29, 0.717) is 22.7 Å². The summed E-state index contributed by atoms with van der Waals surface area (Å²) >= 11 is 0. The van der Waals surface area contributed by atoms with Crippen LogP contribution >= 0.6 is 0 Å². The van der Waals surface area contributed by atoms with E-state index < -0.39 is 12.1 Å². The fourth-order valence-corrected chi connectivity index (χ4v) is 2.84. The molecular formula is C18H19FN4O3. The minimum Gasteiger partial charge on any atom is -0.495 e. The molecular weight excluding hydrogens is 339 g/mol. The Hall–Kier alpha value is -3.16. The van der Waals surface area contributed by atoms with Crippen molar-refractivity contribution in [3.8, 4) is 5.75 Å². The smallest absolute Gasteiger partial charge is 0.322 e. The molecule has 3 amide bonds. The van der Waals surface area contributed by atoms with Crippen LogP contribution in [0.1, 0.15) is 24.2 Å². The van der Waals surface area contributed by atoms with Gasteiger partial charge < -0.3 is 20.3 Å². The minimum atomic E-state index is -0.401. The van der Waals surface area contributed by atoms with Crippen LogP contribution in [0.25, 0.3) is 0 Å². The van der Waals surface area contributed by atoms with Crippen molar-refractivity contribution in [1.29, 1.82) is 0 Å². The first-order valence-electron chi connectivity index (χ1n) is 8.10. The largest absolute Gasteiger partial charge is 0.495 e. The average Bonchev–Trinajstić information content (AvgIpc) is 2.62. The van der Waals surface area contributed by atoms with E-state index in [1.807, 2.05) is 0 Å². The van der Waals surface area contributed by atoms with Crippen molar-refractivity contribution >= 4 is 17.6 Å². The van der Waals surface area contributed by atoms with Gasteiger partial charge in [0, 0.05) is 11.9 Å². The molecule has 136 valence electrons. The zero-order valence-corrected chi connectivity index (χ0v) is 14.5. The average molecular weight is 358 g/mol.